The number of carbonyl (C=O) groups excluding carboxylic acids is 1. The first-order valence-electron chi connectivity index (χ1n) is 8.82. The topological polar surface area (TPSA) is 72.5 Å². The molecule has 0 bridgehead atoms. The van der Waals surface area contributed by atoms with Gasteiger partial charge in [-0.3, -0.25) is 9.78 Å². The van der Waals surface area contributed by atoms with Gasteiger partial charge in [-0.05, 0) is 42.3 Å². The van der Waals surface area contributed by atoms with Crippen LogP contribution < -0.4 is 20.1 Å². The van der Waals surface area contributed by atoms with E-state index in [4.69, 9.17) is 21.1 Å². The fraction of sp³-hybridized carbons (Fsp3) is 0.143. The van der Waals surface area contributed by atoms with Crippen LogP contribution in [0.2, 0.25) is 5.02 Å². The van der Waals surface area contributed by atoms with E-state index in [9.17, 15) is 4.79 Å². The van der Waals surface area contributed by atoms with Crippen LogP contribution in [0.15, 0.2) is 60.9 Å². The number of carbonyl (C=O) groups is 1. The van der Waals surface area contributed by atoms with Crippen LogP contribution in [-0.4, -0.2) is 24.2 Å². The van der Waals surface area contributed by atoms with Gasteiger partial charge in [0.15, 0.2) is 11.5 Å². The predicted molar refractivity (Wildman–Crippen MR) is 108 cm³/mol. The average molecular weight is 396 g/mol. The van der Waals surface area contributed by atoms with Gasteiger partial charge in [0.05, 0.1) is 11.3 Å². The van der Waals surface area contributed by atoms with Crippen molar-refractivity contribution in [2.45, 2.75) is 6.42 Å². The van der Waals surface area contributed by atoms with Crippen molar-refractivity contribution in [2.24, 2.45) is 0 Å². The molecule has 7 heteroatoms. The number of pyridine rings is 1. The molecule has 142 valence electrons. The maximum absolute atomic E-state index is 12.5. The van der Waals surface area contributed by atoms with Crippen molar-refractivity contribution in [3.63, 3.8) is 0 Å². The number of amides is 1. The number of anilines is 2. The van der Waals surface area contributed by atoms with Gasteiger partial charge in [0, 0.05) is 35.7 Å². The molecule has 28 heavy (non-hydrogen) atoms. The third kappa shape index (κ3) is 4.35. The van der Waals surface area contributed by atoms with Crippen LogP contribution >= 0.6 is 11.6 Å². The highest BCUT2D eigenvalue weighted by molar-refractivity contribution is 6.30. The first kappa shape index (κ1) is 18.1. The third-order valence-electron chi connectivity index (χ3n) is 4.26. The van der Waals surface area contributed by atoms with E-state index in [1.54, 1.807) is 30.5 Å². The zero-order valence-corrected chi connectivity index (χ0v) is 15.7. The Morgan fingerprint density at radius 1 is 1.04 bits per heavy atom. The Bertz CT molecular complexity index is 1010. The molecule has 0 saturated heterocycles. The molecular formula is C21H18ClN3O3. The van der Waals surface area contributed by atoms with Crippen LogP contribution in [0.1, 0.15) is 15.9 Å². The highest BCUT2D eigenvalue weighted by Gasteiger charge is 2.15. The van der Waals surface area contributed by atoms with Crippen LogP contribution in [0.4, 0.5) is 11.4 Å². The minimum Gasteiger partial charge on any atom is -0.454 e. The van der Waals surface area contributed by atoms with Crippen LogP contribution in [0.5, 0.6) is 11.5 Å². The number of hydrogen-bond donors (Lipinski definition) is 2. The Morgan fingerprint density at radius 3 is 2.82 bits per heavy atom. The summed E-state index contributed by atoms with van der Waals surface area (Å²) in [6.45, 7) is 0.898. The molecule has 0 fully saturated rings. The van der Waals surface area contributed by atoms with Gasteiger partial charge in [0.1, 0.15) is 0 Å². The summed E-state index contributed by atoms with van der Waals surface area (Å²) in [6.07, 6.45) is 4.04. The zero-order chi connectivity index (χ0) is 19.3. The lowest BCUT2D eigenvalue weighted by molar-refractivity contribution is 0.102. The Hall–Kier alpha value is -3.25. The SMILES string of the molecule is O=C(Nc1ccc2c(c1)OCO2)c1cncc(NCCc2cccc(Cl)c2)c1. The molecule has 1 aromatic heterocycles. The maximum Gasteiger partial charge on any atom is 0.257 e. The van der Waals surface area contributed by atoms with E-state index in [0.717, 1.165) is 22.7 Å². The summed E-state index contributed by atoms with van der Waals surface area (Å²) in [5.41, 5.74) is 3.02. The largest absolute Gasteiger partial charge is 0.454 e. The number of nitrogens with zero attached hydrogens (tertiary/aromatic N) is 1. The predicted octanol–water partition coefficient (Wildman–Crippen LogP) is 4.37. The molecule has 2 heterocycles. The monoisotopic (exact) mass is 395 g/mol. The van der Waals surface area contributed by atoms with Crippen LogP contribution in [0, 0.1) is 0 Å². The van der Waals surface area contributed by atoms with Gasteiger partial charge in [0.25, 0.3) is 5.91 Å². The Kier molecular flexibility index (Phi) is 5.30. The normalized spacial score (nSPS) is 11.9. The lowest BCUT2D eigenvalue weighted by Crippen LogP contribution is -2.13. The van der Waals surface area contributed by atoms with E-state index in [1.807, 2.05) is 24.3 Å². The number of ether oxygens (including phenoxy) is 2. The lowest BCUT2D eigenvalue weighted by Gasteiger charge is -2.09. The summed E-state index contributed by atoms with van der Waals surface area (Å²) in [5.74, 6) is 1.04. The molecular weight excluding hydrogens is 378 g/mol. The average Bonchev–Trinajstić information content (AvgIpc) is 3.16. The summed E-state index contributed by atoms with van der Waals surface area (Å²) in [7, 11) is 0. The van der Waals surface area contributed by atoms with Crippen molar-refractivity contribution in [3.8, 4) is 11.5 Å². The molecule has 4 rings (SSSR count). The molecule has 0 radical (unpaired) electrons. The van der Waals surface area contributed by atoms with Gasteiger partial charge >= 0.3 is 0 Å². The number of nitrogens with one attached hydrogen (secondary N) is 2. The highest BCUT2D eigenvalue weighted by atomic mass is 35.5. The second-order valence-electron chi connectivity index (χ2n) is 6.29. The standard InChI is InChI=1S/C21H18ClN3O3/c22-16-3-1-2-14(8-16)6-7-24-18-9-15(11-23-12-18)21(26)25-17-4-5-19-20(10-17)28-13-27-19/h1-5,8-12,24H,6-7,13H2,(H,25,26). The van der Waals surface area contributed by atoms with Gasteiger partial charge in [0.2, 0.25) is 6.79 Å². The first-order valence-corrected chi connectivity index (χ1v) is 9.19. The Labute approximate surface area is 167 Å². The summed E-state index contributed by atoms with van der Waals surface area (Å²) in [4.78, 5) is 16.7. The number of hydrogen-bond acceptors (Lipinski definition) is 5. The smallest absolute Gasteiger partial charge is 0.257 e. The minimum absolute atomic E-state index is 0.194. The van der Waals surface area contributed by atoms with Crippen molar-refractivity contribution in [2.75, 3.05) is 24.0 Å². The summed E-state index contributed by atoms with van der Waals surface area (Å²) in [5, 5.41) is 6.85. The van der Waals surface area contributed by atoms with Gasteiger partial charge in [-0.2, -0.15) is 0 Å². The van der Waals surface area contributed by atoms with Crippen molar-refractivity contribution in [3.05, 3.63) is 77.1 Å². The summed E-state index contributed by atoms with van der Waals surface area (Å²) < 4.78 is 10.6. The number of aromatic nitrogens is 1. The van der Waals surface area contributed by atoms with E-state index in [0.29, 0.717) is 29.3 Å². The summed E-state index contributed by atoms with van der Waals surface area (Å²) >= 11 is 6.00. The van der Waals surface area contributed by atoms with E-state index in [1.165, 1.54) is 6.20 Å². The molecule has 0 spiro atoms. The third-order valence-corrected chi connectivity index (χ3v) is 4.50. The van der Waals surface area contributed by atoms with Crippen LogP contribution in [0.3, 0.4) is 0 Å². The zero-order valence-electron chi connectivity index (χ0n) is 14.9. The fourth-order valence-electron chi connectivity index (χ4n) is 2.88. The summed E-state index contributed by atoms with van der Waals surface area (Å²) in [6, 6.07) is 14.8. The van der Waals surface area contributed by atoms with Crippen molar-refractivity contribution < 1.29 is 14.3 Å². The van der Waals surface area contributed by atoms with Crippen molar-refractivity contribution in [1.82, 2.24) is 4.98 Å². The first-order chi connectivity index (χ1) is 13.7. The second kappa shape index (κ2) is 8.19. The number of halogens is 1. The molecule has 0 aliphatic carbocycles. The number of rotatable bonds is 6. The molecule has 1 amide bonds. The van der Waals surface area contributed by atoms with E-state index in [-0.39, 0.29) is 12.7 Å². The molecule has 3 aromatic rings. The second-order valence-corrected chi connectivity index (χ2v) is 6.73. The molecule has 0 unspecified atom stereocenters. The fourth-order valence-corrected chi connectivity index (χ4v) is 3.09. The molecule has 0 saturated carbocycles. The quantitative estimate of drug-likeness (QED) is 0.648. The van der Waals surface area contributed by atoms with Crippen molar-refractivity contribution in [1.29, 1.82) is 0 Å². The van der Waals surface area contributed by atoms with E-state index >= 15 is 0 Å². The lowest BCUT2D eigenvalue weighted by atomic mass is 10.1. The molecule has 1 aliphatic rings. The van der Waals surface area contributed by atoms with Crippen LogP contribution in [-0.2, 0) is 6.42 Å². The van der Waals surface area contributed by atoms with Gasteiger partial charge in [-0.25, -0.2) is 0 Å². The Morgan fingerprint density at radius 2 is 1.93 bits per heavy atom. The highest BCUT2D eigenvalue weighted by Crippen LogP contribution is 2.34. The molecule has 2 N–H and O–H groups in total. The van der Waals surface area contributed by atoms with Crippen LogP contribution in [0.25, 0.3) is 0 Å². The molecule has 1 aliphatic heterocycles. The molecule has 6 nitrogen and oxygen atoms in total. The minimum atomic E-state index is -0.246. The molecule has 0 atom stereocenters. The van der Waals surface area contributed by atoms with Gasteiger partial charge in [-0.1, -0.05) is 23.7 Å². The Balaban J connectivity index is 1.36. The van der Waals surface area contributed by atoms with Gasteiger partial charge in [-0.15, -0.1) is 0 Å². The van der Waals surface area contributed by atoms with E-state index in [2.05, 4.69) is 15.6 Å². The number of fused-ring (bicyclic) bond motifs is 1. The molecule has 2 aromatic carbocycles. The van der Waals surface area contributed by atoms with E-state index < -0.39 is 0 Å². The van der Waals surface area contributed by atoms with Gasteiger partial charge < -0.3 is 20.1 Å². The maximum atomic E-state index is 12.5. The number of benzene rings is 2. The van der Waals surface area contributed by atoms with Crippen molar-refractivity contribution >= 4 is 28.9 Å².